The van der Waals surface area contributed by atoms with Gasteiger partial charge in [-0.1, -0.05) is 0 Å². The van der Waals surface area contributed by atoms with Crippen LogP contribution in [0.2, 0.25) is 0 Å². The van der Waals surface area contributed by atoms with Gasteiger partial charge in [0.25, 0.3) is 0 Å². The monoisotopic (exact) mass is 350 g/mol. The molecule has 0 bridgehead atoms. The molecule has 0 N–H and O–H groups in total. The zero-order valence-electron chi connectivity index (χ0n) is 2.17. The first-order valence-electron chi connectivity index (χ1n) is 0.535. The summed E-state index contributed by atoms with van der Waals surface area (Å²) in [4.78, 5) is 0. The van der Waals surface area contributed by atoms with Crippen LogP contribution in [0.25, 0.3) is 0 Å². The number of halogens is 2. The molecule has 0 aliphatic rings. The van der Waals surface area contributed by atoms with Gasteiger partial charge in [0.05, 0.1) is 0 Å². The topological polar surface area (TPSA) is 0 Å². The molecule has 4 heteroatoms. The van der Waals surface area contributed by atoms with Crippen molar-refractivity contribution in [1.82, 2.24) is 0 Å². The quantitative estimate of drug-likeness (QED) is 0.548. The Morgan fingerprint density at radius 1 is 1.25 bits per heavy atom. The zero-order valence-corrected chi connectivity index (χ0v) is 12.1. The van der Waals surface area contributed by atoms with Crippen LogP contribution in [0.5, 0.6) is 0 Å². The van der Waals surface area contributed by atoms with Crippen LogP contribution in [0, 0.1) is 0 Å². The second kappa shape index (κ2) is 8.91. The Morgan fingerprint density at radius 3 is 1.25 bits per heavy atom. The van der Waals surface area contributed by atoms with Crippen LogP contribution in [0.4, 0.5) is 0 Å². The van der Waals surface area contributed by atoms with E-state index < -0.39 is 22.1 Å². The Kier molecular flexibility index (Phi) is 21.0. The Labute approximate surface area is 55.9 Å². The fraction of sp³-hybridized carbons (Fsp3) is 0. The van der Waals surface area contributed by atoms with Crippen LogP contribution in [0.3, 0.4) is 0 Å². The SMILES string of the molecule is [AsH3].[Cl][Hg][Cl]. The van der Waals surface area contributed by atoms with E-state index in [1.54, 1.807) is 0 Å². The molecule has 0 rings (SSSR count). The van der Waals surface area contributed by atoms with Gasteiger partial charge in [-0.3, -0.25) is 0 Å². The average Bonchev–Trinajstić information content (AvgIpc) is 0.918. The molecule has 0 saturated carbocycles. The summed E-state index contributed by atoms with van der Waals surface area (Å²) < 4.78 is 0. The van der Waals surface area contributed by atoms with Crippen molar-refractivity contribution in [3.63, 3.8) is 0 Å². The van der Waals surface area contributed by atoms with Crippen LogP contribution < -0.4 is 0 Å². The van der Waals surface area contributed by atoms with Gasteiger partial charge in [-0.05, 0) is 0 Å². The van der Waals surface area contributed by atoms with Gasteiger partial charge >= 0.3 is 56.6 Å². The Bertz CT molecular complexity index is 6.00. The fourth-order valence-electron chi connectivity index (χ4n) is 0. The van der Waals surface area contributed by atoms with Gasteiger partial charge in [0.2, 0.25) is 0 Å². The van der Waals surface area contributed by atoms with Crippen molar-refractivity contribution in [2.24, 2.45) is 0 Å². The minimum atomic E-state index is -1.14. The second-order valence-electron chi connectivity index (χ2n) is 0.101. The fourth-order valence-corrected chi connectivity index (χ4v) is 0. The summed E-state index contributed by atoms with van der Waals surface area (Å²) in [5.74, 6) is 0. The molecule has 1 unspecified atom stereocenters. The molecule has 0 aliphatic heterocycles. The average molecular weight is 349 g/mol. The first kappa shape index (κ1) is 9.42. The van der Waals surface area contributed by atoms with E-state index in [9.17, 15) is 0 Å². The molecule has 0 radical (unpaired) electrons. The van der Waals surface area contributed by atoms with Crippen LogP contribution in [-0.2, 0) is 22.1 Å². The molecule has 24 valence electrons. The van der Waals surface area contributed by atoms with E-state index in [1.807, 2.05) is 0 Å². The van der Waals surface area contributed by atoms with Gasteiger partial charge < -0.3 is 0 Å². The normalized spacial score (nSPS) is 2.50. The molecule has 0 saturated heterocycles. The van der Waals surface area contributed by atoms with Gasteiger partial charge in [-0.25, -0.2) is 0 Å². The summed E-state index contributed by atoms with van der Waals surface area (Å²) in [6, 6.07) is 0. The minimum absolute atomic E-state index is 0. The van der Waals surface area contributed by atoms with Crippen molar-refractivity contribution in [2.75, 3.05) is 0 Å². The van der Waals surface area contributed by atoms with Crippen molar-refractivity contribution >= 4 is 34.5 Å². The zero-order chi connectivity index (χ0) is 2.71. The molecule has 4 heavy (non-hydrogen) atoms. The predicted octanol–water partition coefficient (Wildman–Crippen LogP) is 0.193. The van der Waals surface area contributed by atoms with E-state index in [2.05, 4.69) is 0 Å². The van der Waals surface area contributed by atoms with Crippen molar-refractivity contribution in [2.45, 2.75) is 0 Å². The molecule has 0 spiro atoms. The van der Waals surface area contributed by atoms with Crippen molar-refractivity contribution in [1.29, 1.82) is 0 Å². The van der Waals surface area contributed by atoms with Crippen LogP contribution in [0.1, 0.15) is 0 Å². The van der Waals surface area contributed by atoms with E-state index in [4.69, 9.17) is 16.5 Å². The number of hydrogen-bond acceptors (Lipinski definition) is 0. The van der Waals surface area contributed by atoms with Gasteiger partial charge in [0.1, 0.15) is 0 Å². The summed E-state index contributed by atoms with van der Waals surface area (Å²) in [6.45, 7) is 0. The summed E-state index contributed by atoms with van der Waals surface area (Å²) in [5.41, 5.74) is 0. The molecule has 1 atom stereocenters. The van der Waals surface area contributed by atoms with E-state index in [0.29, 0.717) is 0 Å². The van der Waals surface area contributed by atoms with Crippen molar-refractivity contribution in [3.05, 3.63) is 0 Å². The van der Waals surface area contributed by atoms with Crippen LogP contribution in [0.15, 0.2) is 0 Å². The molecule has 0 nitrogen and oxygen atoms in total. The first-order valence-corrected chi connectivity index (χ1v) is 14.1. The summed E-state index contributed by atoms with van der Waals surface area (Å²) >= 11 is -1.14. The predicted molar refractivity (Wildman–Crippen MR) is 21.6 cm³/mol. The third kappa shape index (κ3) is 8.95. The van der Waals surface area contributed by atoms with Gasteiger partial charge in [-0.15, -0.1) is 0 Å². The molecular weight excluding hydrogens is 346 g/mol. The maximum atomic E-state index is 4.99. The molecule has 0 heterocycles. The summed E-state index contributed by atoms with van der Waals surface area (Å²) in [5, 5.41) is 0. The number of rotatable bonds is 0. The first-order chi connectivity index (χ1) is 1.41. The molecule has 0 aromatic rings. The third-order valence-corrected chi connectivity index (χ3v) is 0. The molecule has 0 amide bonds. The Balaban J connectivity index is 0. The van der Waals surface area contributed by atoms with Crippen molar-refractivity contribution in [3.8, 4) is 0 Å². The second-order valence-corrected chi connectivity index (χ2v) is 7.98. The van der Waals surface area contributed by atoms with Gasteiger partial charge in [0.15, 0.2) is 0 Å². The molecule has 0 aromatic heterocycles. The Hall–Kier alpha value is 2.07. The van der Waals surface area contributed by atoms with Crippen LogP contribution >= 0.6 is 16.5 Å². The third-order valence-electron chi connectivity index (χ3n) is 0. The maximum absolute atomic E-state index is 4.99. The Morgan fingerprint density at radius 2 is 1.25 bits per heavy atom. The standard InChI is InChI=1S/AsH3.2ClH.Hg/h1H3;2*1H;/q;;;+2/p-2. The van der Waals surface area contributed by atoms with Crippen molar-refractivity contribution < 1.29 is 22.1 Å². The van der Waals surface area contributed by atoms with E-state index in [-0.39, 0.29) is 18.0 Å². The number of hydrogen-bond donors (Lipinski definition) is 0. The molecule has 0 aromatic carbocycles. The molecule has 0 fully saturated rings. The van der Waals surface area contributed by atoms with E-state index in [1.165, 1.54) is 0 Å². The molecule has 0 aliphatic carbocycles. The van der Waals surface area contributed by atoms with E-state index >= 15 is 0 Å². The van der Waals surface area contributed by atoms with Gasteiger partial charge in [0, 0.05) is 0 Å². The molecular formula is H3AsCl2Hg. The van der Waals surface area contributed by atoms with Crippen LogP contribution in [-0.4, -0.2) is 18.0 Å². The van der Waals surface area contributed by atoms with E-state index in [0.717, 1.165) is 0 Å². The van der Waals surface area contributed by atoms with Gasteiger partial charge in [-0.2, -0.15) is 0 Å². The summed E-state index contributed by atoms with van der Waals surface area (Å²) in [6.07, 6.45) is 0. The summed E-state index contributed by atoms with van der Waals surface area (Å²) in [7, 11) is 9.97.